The molecule has 0 aliphatic carbocycles. The third kappa shape index (κ3) is 4.71. The molecule has 0 bridgehead atoms. The molecule has 0 radical (unpaired) electrons. The van der Waals surface area contributed by atoms with Gasteiger partial charge in [0, 0.05) is 24.5 Å². The number of halogens is 4. The van der Waals surface area contributed by atoms with E-state index in [9.17, 15) is 17.6 Å². The maximum Gasteiger partial charge on any atom is 0.401 e. The molecule has 124 valence electrons. The highest BCUT2D eigenvalue weighted by molar-refractivity contribution is 5.51. The Morgan fingerprint density at radius 2 is 1.87 bits per heavy atom. The van der Waals surface area contributed by atoms with Crippen LogP contribution in [0.25, 0.3) is 0 Å². The van der Waals surface area contributed by atoms with Crippen molar-refractivity contribution in [3.05, 3.63) is 41.8 Å². The number of anilines is 2. The van der Waals surface area contributed by atoms with Crippen LogP contribution in [0.4, 0.5) is 29.1 Å². The molecule has 2 rings (SSSR count). The molecule has 0 aliphatic heterocycles. The summed E-state index contributed by atoms with van der Waals surface area (Å²) in [6, 6.07) is 5.21. The molecule has 0 saturated heterocycles. The average Bonchev–Trinajstić information content (AvgIpc) is 2.43. The molecule has 0 aliphatic rings. The minimum atomic E-state index is -4.36. The molecule has 1 aromatic heterocycles. The van der Waals surface area contributed by atoms with E-state index in [4.69, 9.17) is 16.2 Å². The second kappa shape index (κ2) is 6.69. The lowest BCUT2D eigenvalue weighted by atomic mass is 10.2. The summed E-state index contributed by atoms with van der Waals surface area (Å²) in [5.74, 6) is -0.722. The first-order valence-corrected chi connectivity index (χ1v) is 6.50. The lowest BCUT2D eigenvalue weighted by Gasteiger charge is -2.14. The van der Waals surface area contributed by atoms with E-state index in [0.717, 1.165) is 6.07 Å². The van der Waals surface area contributed by atoms with Crippen molar-refractivity contribution >= 4 is 11.5 Å². The topological polar surface area (TPSA) is 86.2 Å². The van der Waals surface area contributed by atoms with Crippen molar-refractivity contribution < 1.29 is 22.3 Å². The number of hydrogen-bond donors (Lipinski definition) is 3. The van der Waals surface area contributed by atoms with Crippen LogP contribution in [0.2, 0.25) is 0 Å². The van der Waals surface area contributed by atoms with E-state index in [0.29, 0.717) is 0 Å². The summed E-state index contributed by atoms with van der Waals surface area (Å²) in [4.78, 5) is 3.80. The van der Waals surface area contributed by atoms with Gasteiger partial charge in [-0.25, -0.2) is 9.37 Å². The molecule has 1 heterocycles. The second-order valence-corrected chi connectivity index (χ2v) is 4.68. The Morgan fingerprint density at radius 1 is 1.13 bits per heavy atom. The smallest absolute Gasteiger partial charge is 0.401 e. The molecule has 23 heavy (non-hydrogen) atoms. The Hall–Kier alpha value is -2.55. The van der Waals surface area contributed by atoms with Gasteiger partial charge in [0.05, 0.1) is 12.1 Å². The van der Waals surface area contributed by atoms with Gasteiger partial charge in [-0.1, -0.05) is 0 Å². The van der Waals surface area contributed by atoms with Crippen molar-refractivity contribution in [3.63, 3.8) is 0 Å². The van der Waals surface area contributed by atoms with Crippen molar-refractivity contribution in [2.24, 2.45) is 0 Å². The van der Waals surface area contributed by atoms with Crippen LogP contribution in [0.15, 0.2) is 30.5 Å². The molecule has 0 fully saturated rings. The van der Waals surface area contributed by atoms with E-state index in [1.165, 1.54) is 24.4 Å². The molecule has 0 amide bonds. The van der Waals surface area contributed by atoms with Crippen LogP contribution in [0.1, 0.15) is 5.56 Å². The summed E-state index contributed by atoms with van der Waals surface area (Å²) >= 11 is 0. The van der Waals surface area contributed by atoms with E-state index < -0.39 is 18.5 Å². The first-order chi connectivity index (χ1) is 10.8. The van der Waals surface area contributed by atoms with Crippen molar-refractivity contribution in [1.29, 1.82) is 0 Å². The van der Waals surface area contributed by atoms with Crippen LogP contribution in [0.5, 0.6) is 11.5 Å². The zero-order valence-electron chi connectivity index (χ0n) is 11.8. The summed E-state index contributed by atoms with van der Waals surface area (Å²) in [7, 11) is 0. The number of pyridine rings is 1. The van der Waals surface area contributed by atoms with Gasteiger partial charge in [-0.15, -0.1) is 0 Å². The van der Waals surface area contributed by atoms with E-state index >= 15 is 0 Å². The molecule has 0 unspecified atom stereocenters. The summed E-state index contributed by atoms with van der Waals surface area (Å²) in [5.41, 5.74) is 11.5. The number of rotatable bonds is 5. The zero-order chi connectivity index (χ0) is 17.0. The van der Waals surface area contributed by atoms with Gasteiger partial charge in [-0.2, -0.15) is 13.2 Å². The van der Waals surface area contributed by atoms with Gasteiger partial charge >= 0.3 is 6.18 Å². The van der Waals surface area contributed by atoms with Crippen molar-refractivity contribution in [2.45, 2.75) is 12.7 Å². The molecule has 2 aromatic rings. The van der Waals surface area contributed by atoms with Crippen molar-refractivity contribution in [1.82, 2.24) is 10.3 Å². The third-order valence-electron chi connectivity index (χ3n) is 2.85. The van der Waals surface area contributed by atoms with E-state index in [-0.39, 0.29) is 35.1 Å². The van der Waals surface area contributed by atoms with Gasteiger partial charge in [0.25, 0.3) is 0 Å². The van der Waals surface area contributed by atoms with Gasteiger partial charge in [0.15, 0.2) is 11.6 Å². The van der Waals surface area contributed by atoms with Crippen LogP contribution >= 0.6 is 0 Å². The molecule has 0 saturated carbocycles. The van der Waals surface area contributed by atoms with E-state index in [1.54, 1.807) is 0 Å². The Labute approximate surface area is 129 Å². The van der Waals surface area contributed by atoms with Crippen LogP contribution in [0.3, 0.4) is 0 Å². The largest absolute Gasteiger partial charge is 0.454 e. The summed E-state index contributed by atoms with van der Waals surface area (Å²) in [6.07, 6.45) is -3.05. The van der Waals surface area contributed by atoms with Gasteiger partial charge in [-0.05, 0) is 18.2 Å². The maximum atomic E-state index is 13.8. The summed E-state index contributed by atoms with van der Waals surface area (Å²) < 4.78 is 55.7. The van der Waals surface area contributed by atoms with Gasteiger partial charge in [-0.3, -0.25) is 0 Å². The fraction of sp³-hybridized carbons (Fsp3) is 0.214. The van der Waals surface area contributed by atoms with Crippen molar-refractivity contribution in [3.8, 4) is 11.5 Å². The zero-order valence-corrected chi connectivity index (χ0v) is 11.8. The average molecular weight is 330 g/mol. The predicted molar refractivity (Wildman–Crippen MR) is 77.3 cm³/mol. The fourth-order valence-corrected chi connectivity index (χ4v) is 1.81. The number of nitrogens with two attached hydrogens (primary N) is 2. The number of nitrogen functional groups attached to an aromatic ring is 2. The van der Waals surface area contributed by atoms with Gasteiger partial charge < -0.3 is 21.5 Å². The number of benzene rings is 1. The van der Waals surface area contributed by atoms with Crippen LogP contribution in [-0.4, -0.2) is 17.7 Å². The Bertz CT molecular complexity index is 691. The quantitative estimate of drug-likeness (QED) is 0.580. The summed E-state index contributed by atoms with van der Waals surface area (Å²) in [5, 5.41) is 2.19. The molecule has 0 spiro atoms. The van der Waals surface area contributed by atoms with Crippen LogP contribution < -0.4 is 21.5 Å². The molecular weight excluding hydrogens is 316 g/mol. The number of nitrogens with one attached hydrogen (secondary N) is 1. The normalized spacial score (nSPS) is 11.5. The highest BCUT2D eigenvalue weighted by Crippen LogP contribution is 2.30. The first-order valence-electron chi connectivity index (χ1n) is 6.50. The number of hydrogen-bond acceptors (Lipinski definition) is 5. The number of alkyl halides is 3. The third-order valence-corrected chi connectivity index (χ3v) is 2.85. The number of nitrogens with zero attached hydrogens (tertiary/aromatic N) is 1. The molecule has 9 heteroatoms. The number of ether oxygens (including phenoxy) is 1. The monoisotopic (exact) mass is 330 g/mol. The first kappa shape index (κ1) is 16.8. The molecule has 5 N–H and O–H groups in total. The van der Waals surface area contributed by atoms with Crippen LogP contribution in [-0.2, 0) is 6.54 Å². The SMILES string of the molecule is Nc1ccc(Oc2ccnc(N)c2CNCC(F)(F)F)c(F)c1. The maximum absolute atomic E-state index is 13.8. The highest BCUT2D eigenvalue weighted by atomic mass is 19.4. The lowest BCUT2D eigenvalue weighted by molar-refractivity contribution is -0.125. The predicted octanol–water partition coefficient (Wildman–Crippen LogP) is 2.83. The molecule has 0 atom stereocenters. The standard InChI is InChI=1S/C14H14F4N4O/c15-10-5-8(19)1-2-12(10)23-11-3-4-22-13(20)9(11)6-21-7-14(16,17)18/h1-5,21H,6-7,19H2,(H2,20,22). The fourth-order valence-electron chi connectivity index (χ4n) is 1.81. The minimum Gasteiger partial charge on any atom is -0.454 e. The van der Waals surface area contributed by atoms with E-state index in [2.05, 4.69) is 10.3 Å². The van der Waals surface area contributed by atoms with Crippen LogP contribution in [0, 0.1) is 5.82 Å². The van der Waals surface area contributed by atoms with Gasteiger partial charge in [0.2, 0.25) is 0 Å². The summed E-state index contributed by atoms with van der Waals surface area (Å²) in [6.45, 7) is -1.43. The lowest BCUT2D eigenvalue weighted by Crippen LogP contribution is -2.28. The minimum absolute atomic E-state index is 0.00646. The second-order valence-electron chi connectivity index (χ2n) is 4.68. The Kier molecular flexibility index (Phi) is 4.89. The van der Waals surface area contributed by atoms with Gasteiger partial charge in [0.1, 0.15) is 11.6 Å². The van der Waals surface area contributed by atoms with Crippen molar-refractivity contribution in [2.75, 3.05) is 18.0 Å². The molecule has 1 aromatic carbocycles. The molecular formula is C14H14F4N4O. The Morgan fingerprint density at radius 3 is 2.52 bits per heavy atom. The highest BCUT2D eigenvalue weighted by Gasteiger charge is 2.26. The molecule has 5 nitrogen and oxygen atoms in total. The Balaban J connectivity index is 2.20. The van der Waals surface area contributed by atoms with E-state index in [1.807, 2.05) is 0 Å². The number of aromatic nitrogens is 1.